The highest BCUT2D eigenvalue weighted by Gasteiger charge is 2.22. The van der Waals surface area contributed by atoms with Crippen LogP contribution in [0.25, 0.3) is 10.2 Å². The SMILES string of the molecule is CCN(c1cc(C(=O)Nc2nc3c(OC)ccc(N4CCOCC4)c3s2)ccn1)N1CCCCC1. The van der Waals surface area contributed by atoms with Crippen LogP contribution < -0.4 is 20.0 Å². The second-order valence-electron chi connectivity index (χ2n) is 8.67. The van der Waals surface area contributed by atoms with E-state index in [0.29, 0.717) is 29.7 Å². The van der Waals surface area contributed by atoms with Gasteiger partial charge in [0.2, 0.25) is 0 Å². The molecule has 0 aliphatic carbocycles. The number of thiazole rings is 1. The lowest BCUT2D eigenvalue weighted by Gasteiger charge is -2.37. The summed E-state index contributed by atoms with van der Waals surface area (Å²) in [5, 5.41) is 8.06. The molecule has 0 atom stereocenters. The summed E-state index contributed by atoms with van der Waals surface area (Å²) in [6.07, 6.45) is 5.34. The van der Waals surface area contributed by atoms with Crippen molar-refractivity contribution in [2.75, 3.05) is 68.3 Å². The van der Waals surface area contributed by atoms with E-state index in [1.807, 2.05) is 12.1 Å². The predicted octanol–water partition coefficient (Wildman–Crippen LogP) is 4.02. The number of methoxy groups -OCH3 is 1. The highest BCUT2D eigenvalue weighted by Crippen LogP contribution is 2.39. The van der Waals surface area contributed by atoms with E-state index in [-0.39, 0.29) is 5.91 Å². The van der Waals surface area contributed by atoms with Gasteiger partial charge in [0, 0.05) is 44.5 Å². The second-order valence-corrected chi connectivity index (χ2v) is 9.67. The Labute approximate surface area is 209 Å². The quantitative estimate of drug-likeness (QED) is 0.525. The maximum absolute atomic E-state index is 13.2. The number of amides is 1. The number of anilines is 3. The molecule has 10 heteroatoms. The minimum Gasteiger partial charge on any atom is -0.494 e. The first kappa shape index (κ1) is 23.8. The van der Waals surface area contributed by atoms with E-state index in [0.717, 1.165) is 54.4 Å². The number of carbonyl (C=O) groups excluding carboxylic acids is 1. The van der Waals surface area contributed by atoms with Crippen molar-refractivity contribution in [1.82, 2.24) is 15.0 Å². The number of rotatable bonds is 7. The monoisotopic (exact) mass is 496 g/mol. The van der Waals surface area contributed by atoms with Crippen LogP contribution in [0.3, 0.4) is 0 Å². The number of morpholine rings is 1. The Hall–Kier alpha value is -2.95. The average Bonchev–Trinajstić information content (AvgIpc) is 3.33. The number of piperidine rings is 1. The fourth-order valence-corrected chi connectivity index (χ4v) is 5.76. The van der Waals surface area contributed by atoms with Crippen molar-refractivity contribution < 1.29 is 14.3 Å². The summed E-state index contributed by atoms with van der Waals surface area (Å²) >= 11 is 1.47. The Morgan fingerprint density at radius 3 is 2.71 bits per heavy atom. The number of nitrogens with zero attached hydrogens (tertiary/aromatic N) is 5. The van der Waals surface area contributed by atoms with E-state index in [1.165, 1.54) is 30.6 Å². The number of fused-ring (bicyclic) bond motifs is 1. The van der Waals surface area contributed by atoms with Gasteiger partial charge in [-0.05, 0) is 44.0 Å². The smallest absolute Gasteiger partial charge is 0.257 e. The van der Waals surface area contributed by atoms with Crippen molar-refractivity contribution in [3.8, 4) is 5.75 Å². The number of hydrogen-bond donors (Lipinski definition) is 1. The first-order valence-electron chi connectivity index (χ1n) is 12.3. The lowest BCUT2D eigenvalue weighted by atomic mass is 10.1. The molecule has 2 fully saturated rings. The number of pyridine rings is 1. The molecule has 1 amide bonds. The molecule has 1 aromatic carbocycles. The van der Waals surface area contributed by atoms with Crippen LogP contribution in [0.5, 0.6) is 5.75 Å². The van der Waals surface area contributed by atoms with Gasteiger partial charge in [-0.1, -0.05) is 17.8 Å². The zero-order valence-electron chi connectivity index (χ0n) is 20.3. The molecule has 3 aromatic rings. The highest BCUT2D eigenvalue weighted by molar-refractivity contribution is 7.23. The first-order valence-corrected chi connectivity index (χ1v) is 13.1. The van der Waals surface area contributed by atoms with E-state index in [4.69, 9.17) is 14.5 Å². The lowest BCUT2D eigenvalue weighted by Crippen LogP contribution is -2.46. The van der Waals surface area contributed by atoms with Crippen molar-refractivity contribution >= 4 is 44.1 Å². The van der Waals surface area contributed by atoms with Gasteiger partial charge >= 0.3 is 0 Å². The minimum absolute atomic E-state index is 0.200. The third-order valence-electron chi connectivity index (χ3n) is 6.52. The summed E-state index contributed by atoms with van der Waals surface area (Å²) in [6, 6.07) is 7.61. The molecule has 0 spiro atoms. The van der Waals surface area contributed by atoms with Gasteiger partial charge in [0.25, 0.3) is 5.91 Å². The summed E-state index contributed by atoms with van der Waals surface area (Å²) in [7, 11) is 1.64. The largest absolute Gasteiger partial charge is 0.494 e. The maximum atomic E-state index is 13.2. The summed E-state index contributed by atoms with van der Waals surface area (Å²) in [6.45, 7) is 8.01. The summed E-state index contributed by atoms with van der Waals surface area (Å²) < 4.78 is 12.1. The highest BCUT2D eigenvalue weighted by atomic mass is 32.1. The fourth-order valence-electron chi connectivity index (χ4n) is 4.74. The number of nitrogens with one attached hydrogen (secondary N) is 1. The Kier molecular flexibility index (Phi) is 7.31. The third-order valence-corrected chi connectivity index (χ3v) is 7.52. The van der Waals surface area contributed by atoms with Gasteiger partial charge in [0.1, 0.15) is 17.1 Å². The summed E-state index contributed by atoms with van der Waals surface area (Å²) in [4.78, 5) is 24.8. The molecule has 9 nitrogen and oxygen atoms in total. The lowest BCUT2D eigenvalue weighted by molar-refractivity contribution is 0.102. The van der Waals surface area contributed by atoms with Crippen molar-refractivity contribution in [1.29, 1.82) is 0 Å². The number of hydrogen-bond acceptors (Lipinski definition) is 9. The summed E-state index contributed by atoms with van der Waals surface area (Å²) in [5.41, 5.74) is 2.41. The second kappa shape index (κ2) is 10.8. The average molecular weight is 497 g/mol. The van der Waals surface area contributed by atoms with Gasteiger partial charge in [-0.15, -0.1) is 0 Å². The van der Waals surface area contributed by atoms with Crippen molar-refractivity contribution in [2.24, 2.45) is 0 Å². The molecule has 2 aliphatic rings. The Bertz CT molecular complexity index is 1170. The molecule has 5 rings (SSSR count). The number of carbonyl (C=O) groups is 1. The van der Waals surface area contributed by atoms with Gasteiger partial charge in [0.15, 0.2) is 5.13 Å². The molecule has 0 saturated carbocycles. The molecule has 2 aliphatic heterocycles. The van der Waals surface area contributed by atoms with Gasteiger partial charge in [0.05, 0.1) is 30.7 Å². The van der Waals surface area contributed by atoms with E-state index in [9.17, 15) is 4.79 Å². The van der Waals surface area contributed by atoms with Crippen LogP contribution in [-0.4, -0.2) is 73.9 Å². The molecule has 2 aromatic heterocycles. The molecule has 186 valence electrons. The number of benzene rings is 1. The third kappa shape index (κ3) is 5.05. The molecule has 0 radical (unpaired) electrons. The summed E-state index contributed by atoms with van der Waals surface area (Å²) in [5.74, 6) is 1.29. The van der Waals surface area contributed by atoms with E-state index in [2.05, 4.69) is 38.2 Å². The van der Waals surface area contributed by atoms with Crippen LogP contribution in [0.15, 0.2) is 30.5 Å². The van der Waals surface area contributed by atoms with Crippen LogP contribution >= 0.6 is 11.3 Å². The molecular weight excluding hydrogens is 464 g/mol. The zero-order chi connectivity index (χ0) is 24.2. The van der Waals surface area contributed by atoms with Gasteiger partial charge in [-0.3, -0.25) is 15.1 Å². The predicted molar refractivity (Wildman–Crippen MR) is 140 cm³/mol. The molecule has 0 unspecified atom stereocenters. The normalized spacial score (nSPS) is 16.9. The molecular formula is C25H32N6O3S. The maximum Gasteiger partial charge on any atom is 0.257 e. The van der Waals surface area contributed by atoms with Gasteiger partial charge in [-0.2, -0.15) is 0 Å². The Balaban J connectivity index is 1.39. The van der Waals surface area contributed by atoms with E-state index in [1.54, 1.807) is 19.4 Å². The molecule has 35 heavy (non-hydrogen) atoms. The minimum atomic E-state index is -0.200. The van der Waals surface area contributed by atoms with Crippen LogP contribution in [0, 0.1) is 0 Å². The van der Waals surface area contributed by atoms with E-state index >= 15 is 0 Å². The van der Waals surface area contributed by atoms with Crippen molar-refractivity contribution in [2.45, 2.75) is 26.2 Å². The fraction of sp³-hybridized carbons (Fsp3) is 0.480. The number of ether oxygens (including phenoxy) is 2. The Morgan fingerprint density at radius 1 is 1.17 bits per heavy atom. The van der Waals surface area contributed by atoms with Crippen LogP contribution in [0.1, 0.15) is 36.5 Å². The number of hydrazine groups is 1. The van der Waals surface area contributed by atoms with Gasteiger partial charge in [-0.25, -0.2) is 15.0 Å². The molecule has 4 heterocycles. The topological polar surface area (TPSA) is 83.1 Å². The number of aromatic nitrogens is 2. The Morgan fingerprint density at radius 2 is 1.97 bits per heavy atom. The zero-order valence-corrected chi connectivity index (χ0v) is 21.1. The molecule has 0 bridgehead atoms. The van der Waals surface area contributed by atoms with Crippen molar-refractivity contribution in [3.05, 3.63) is 36.0 Å². The van der Waals surface area contributed by atoms with E-state index < -0.39 is 0 Å². The van der Waals surface area contributed by atoms with Crippen LogP contribution in [0.2, 0.25) is 0 Å². The standard InChI is InChI=1S/C25H32N6O3S/c1-3-31(30-11-5-4-6-12-30)21-17-18(9-10-26-21)24(32)28-25-27-22-20(33-2)8-7-19(23(22)35-25)29-13-15-34-16-14-29/h7-10,17H,3-6,11-16H2,1-2H3,(H,27,28,32). The molecule has 2 saturated heterocycles. The van der Waals surface area contributed by atoms with Crippen molar-refractivity contribution in [3.63, 3.8) is 0 Å². The first-order chi connectivity index (χ1) is 17.2. The molecule has 1 N–H and O–H groups in total. The van der Waals surface area contributed by atoms with Gasteiger partial charge < -0.3 is 14.4 Å². The van der Waals surface area contributed by atoms with Crippen LogP contribution in [0.4, 0.5) is 16.6 Å². The van der Waals surface area contributed by atoms with Crippen LogP contribution in [-0.2, 0) is 4.74 Å².